The summed E-state index contributed by atoms with van der Waals surface area (Å²) in [7, 11) is 0. The van der Waals surface area contributed by atoms with Crippen LogP contribution in [-0.4, -0.2) is 25.8 Å². The molecule has 0 bridgehead atoms. The molecule has 0 aliphatic rings. The van der Waals surface area contributed by atoms with Gasteiger partial charge in [-0.05, 0) is 25.7 Å². The van der Waals surface area contributed by atoms with E-state index < -0.39 is 0 Å². The minimum atomic E-state index is 0.260. The maximum absolute atomic E-state index is 5.61. The van der Waals surface area contributed by atoms with Gasteiger partial charge in [0, 0.05) is 13.2 Å². The summed E-state index contributed by atoms with van der Waals surface area (Å²) < 4.78 is 5.61. The first kappa shape index (κ1) is 13.5. The van der Waals surface area contributed by atoms with E-state index in [0.29, 0.717) is 6.54 Å². The number of ether oxygens (including phenoxy) is 1. The standard InChI is InChI=1S/C12H23NO/c1-5-8-13-10-12(4)14-9-6-7-11(2)3/h1,11-13H,6-10H2,2-4H3. The zero-order valence-electron chi connectivity index (χ0n) is 9.68. The Kier molecular flexibility index (Phi) is 8.72. The molecule has 0 rings (SSSR count). The van der Waals surface area contributed by atoms with E-state index in [0.717, 1.165) is 25.5 Å². The Labute approximate surface area is 88.4 Å². The Morgan fingerprint density at radius 3 is 2.64 bits per heavy atom. The van der Waals surface area contributed by atoms with Crippen molar-refractivity contribution in [3.63, 3.8) is 0 Å². The summed E-state index contributed by atoms with van der Waals surface area (Å²) in [6, 6.07) is 0. The predicted molar refractivity (Wildman–Crippen MR) is 61.2 cm³/mol. The smallest absolute Gasteiger partial charge is 0.0671 e. The van der Waals surface area contributed by atoms with Gasteiger partial charge in [0.25, 0.3) is 0 Å². The average molecular weight is 197 g/mol. The van der Waals surface area contributed by atoms with E-state index in [1.54, 1.807) is 0 Å². The molecule has 2 heteroatoms. The van der Waals surface area contributed by atoms with Crippen LogP contribution in [0.1, 0.15) is 33.6 Å². The summed E-state index contributed by atoms with van der Waals surface area (Å²) in [6.45, 7) is 8.86. The van der Waals surface area contributed by atoms with Crippen molar-refractivity contribution in [1.29, 1.82) is 0 Å². The van der Waals surface area contributed by atoms with Crippen molar-refractivity contribution in [2.24, 2.45) is 5.92 Å². The van der Waals surface area contributed by atoms with Gasteiger partial charge in [-0.3, -0.25) is 0 Å². The normalized spacial score (nSPS) is 12.8. The largest absolute Gasteiger partial charge is 0.377 e. The molecular weight excluding hydrogens is 174 g/mol. The third-order valence-electron chi connectivity index (χ3n) is 1.99. The van der Waals surface area contributed by atoms with Crippen molar-refractivity contribution in [2.45, 2.75) is 39.7 Å². The molecule has 82 valence electrons. The van der Waals surface area contributed by atoms with E-state index in [-0.39, 0.29) is 6.10 Å². The first-order valence-corrected chi connectivity index (χ1v) is 5.42. The highest BCUT2D eigenvalue weighted by molar-refractivity contribution is 4.86. The van der Waals surface area contributed by atoms with E-state index in [9.17, 15) is 0 Å². The topological polar surface area (TPSA) is 21.3 Å². The van der Waals surface area contributed by atoms with E-state index in [4.69, 9.17) is 11.2 Å². The number of nitrogens with one attached hydrogen (secondary N) is 1. The summed E-state index contributed by atoms with van der Waals surface area (Å²) in [4.78, 5) is 0. The molecule has 1 N–H and O–H groups in total. The van der Waals surface area contributed by atoms with Crippen molar-refractivity contribution in [3.8, 4) is 12.3 Å². The highest BCUT2D eigenvalue weighted by Gasteiger charge is 2.01. The molecule has 2 nitrogen and oxygen atoms in total. The zero-order valence-corrected chi connectivity index (χ0v) is 9.68. The van der Waals surface area contributed by atoms with Crippen LogP contribution in [-0.2, 0) is 4.74 Å². The summed E-state index contributed by atoms with van der Waals surface area (Å²) in [5, 5.41) is 3.12. The van der Waals surface area contributed by atoms with Gasteiger partial charge < -0.3 is 10.1 Å². The van der Waals surface area contributed by atoms with Gasteiger partial charge >= 0.3 is 0 Å². The van der Waals surface area contributed by atoms with E-state index in [1.165, 1.54) is 6.42 Å². The van der Waals surface area contributed by atoms with Crippen molar-refractivity contribution < 1.29 is 4.74 Å². The fourth-order valence-electron chi connectivity index (χ4n) is 1.18. The predicted octanol–water partition coefficient (Wildman–Crippen LogP) is 2.05. The Morgan fingerprint density at radius 2 is 2.07 bits per heavy atom. The van der Waals surface area contributed by atoms with Crippen molar-refractivity contribution >= 4 is 0 Å². The lowest BCUT2D eigenvalue weighted by atomic mass is 10.1. The van der Waals surface area contributed by atoms with Gasteiger partial charge in [-0.15, -0.1) is 6.42 Å². The second kappa shape index (κ2) is 9.05. The lowest BCUT2D eigenvalue weighted by molar-refractivity contribution is 0.0625. The highest BCUT2D eigenvalue weighted by Crippen LogP contribution is 2.03. The van der Waals surface area contributed by atoms with Gasteiger partial charge in [0.1, 0.15) is 0 Å². The third kappa shape index (κ3) is 9.57. The maximum atomic E-state index is 5.61. The first-order valence-electron chi connectivity index (χ1n) is 5.42. The summed E-state index contributed by atoms with van der Waals surface area (Å²) in [5.74, 6) is 3.31. The van der Waals surface area contributed by atoms with Gasteiger partial charge in [-0.25, -0.2) is 0 Å². The van der Waals surface area contributed by atoms with Crippen LogP contribution in [0, 0.1) is 18.3 Å². The molecule has 0 radical (unpaired) electrons. The van der Waals surface area contributed by atoms with E-state index in [1.807, 2.05) is 0 Å². The van der Waals surface area contributed by atoms with E-state index in [2.05, 4.69) is 32.0 Å². The van der Waals surface area contributed by atoms with Crippen LogP contribution in [0.25, 0.3) is 0 Å². The Bertz CT molecular complexity index is 160. The summed E-state index contributed by atoms with van der Waals surface area (Å²) in [5.41, 5.74) is 0. The van der Waals surface area contributed by atoms with Crippen molar-refractivity contribution in [3.05, 3.63) is 0 Å². The van der Waals surface area contributed by atoms with Crippen molar-refractivity contribution in [2.75, 3.05) is 19.7 Å². The van der Waals surface area contributed by atoms with Crippen LogP contribution in [0.3, 0.4) is 0 Å². The maximum Gasteiger partial charge on any atom is 0.0671 e. The molecule has 0 aliphatic carbocycles. The van der Waals surface area contributed by atoms with Gasteiger partial charge in [-0.1, -0.05) is 19.8 Å². The molecule has 0 aliphatic heterocycles. The molecule has 0 aromatic heterocycles. The molecule has 0 amide bonds. The van der Waals surface area contributed by atoms with E-state index >= 15 is 0 Å². The molecular formula is C12H23NO. The molecule has 0 saturated heterocycles. The minimum Gasteiger partial charge on any atom is -0.377 e. The monoisotopic (exact) mass is 197 g/mol. The van der Waals surface area contributed by atoms with Gasteiger partial charge in [0.15, 0.2) is 0 Å². The Balaban J connectivity index is 3.19. The summed E-state index contributed by atoms with van der Waals surface area (Å²) in [6.07, 6.45) is 7.77. The molecule has 0 spiro atoms. The Hall–Kier alpha value is -0.520. The molecule has 1 atom stereocenters. The zero-order chi connectivity index (χ0) is 10.8. The molecule has 0 heterocycles. The average Bonchev–Trinajstić information content (AvgIpc) is 2.13. The third-order valence-corrected chi connectivity index (χ3v) is 1.99. The van der Waals surface area contributed by atoms with Gasteiger partial charge in [0.2, 0.25) is 0 Å². The number of terminal acetylenes is 1. The van der Waals surface area contributed by atoms with Crippen LogP contribution in [0.2, 0.25) is 0 Å². The van der Waals surface area contributed by atoms with Crippen LogP contribution in [0.4, 0.5) is 0 Å². The molecule has 14 heavy (non-hydrogen) atoms. The quantitative estimate of drug-likeness (QED) is 0.475. The van der Waals surface area contributed by atoms with Crippen LogP contribution < -0.4 is 5.32 Å². The molecule has 0 saturated carbocycles. The SMILES string of the molecule is C#CCNCC(C)OCCCC(C)C. The molecule has 1 unspecified atom stereocenters. The lowest BCUT2D eigenvalue weighted by Crippen LogP contribution is -2.27. The van der Waals surface area contributed by atoms with Gasteiger partial charge in [0.05, 0.1) is 12.6 Å². The second-order valence-corrected chi connectivity index (χ2v) is 4.05. The summed E-state index contributed by atoms with van der Waals surface area (Å²) >= 11 is 0. The fourth-order valence-corrected chi connectivity index (χ4v) is 1.18. The number of hydrogen-bond acceptors (Lipinski definition) is 2. The number of rotatable bonds is 8. The second-order valence-electron chi connectivity index (χ2n) is 4.05. The van der Waals surface area contributed by atoms with Crippen LogP contribution >= 0.6 is 0 Å². The minimum absolute atomic E-state index is 0.260. The molecule has 0 aromatic rings. The molecule has 0 fully saturated rings. The lowest BCUT2D eigenvalue weighted by Gasteiger charge is -2.13. The fraction of sp³-hybridized carbons (Fsp3) is 0.833. The first-order chi connectivity index (χ1) is 6.66. The van der Waals surface area contributed by atoms with Crippen LogP contribution in [0.15, 0.2) is 0 Å². The molecule has 0 aromatic carbocycles. The highest BCUT2D eigenvalue weighted by atomic mass is 16.5. The Morgan fingerprint density at radius 1 is 1.36 bits per heavy atom. The van der Waals surface area contributed by atoms with Gasteiger partial charge in [-0.2, -0.15) is 0 Å². The van der Waals surface area contributed by atoms with Crippen LogP contribution in [0.5, 0.6) is 0 Å². The van der Waals surface area contributed by atoms with Crippen molar-refractivity contribution in [1.82, 2.24) is 5.32 Å². The number of hydrogen-bond donors (Lipinski definition) is 1.